The number of halogens is 1. The van der Waals surface area contributed by atoms with Gasteiger partial charge in [-0.25, -0.2) is 14.4 Å². The predicted molar refractivity (Wildman–Crippen MR) is 121 cm³/mol. The van der Waals surface area contributed by atoms with E-state index in [4.69, 9.17) is 9.72 Å². The van der Waals surface area contributed by atoms with Crippen LogP contribution in [0.5, 0.6) is 0 Å². The molecule has 31 heavy (non-hydrogen) atoms. The fourth-order valence-electron chi connectivity index (χ4n) is 4.00. The molecule has 0 unspecified atom stereocenters. The zero-order chi connectivity index (χ0) is 22.4. The number of β-amino-alcohol motifs (C(OH)–C–C–N with tert-alkyl or cyclic N) is 1. The molecule has 1 aromatic heterocycles. The van der Waals surface area contributed by atoms with Gasteiger partial charge >= 0.3 is 0 Å². The fraction of sp³-hybridized carbons (Fsp3) is 0.583. The van der Waals surface area contributed by atoms with Crippen molar-refractivity contribution in [2.45, 2.75) is 52.7 Å². The third kappa shape index (κ3) is 6.45. The molecule has 0 spiro atoms. The minimum atomic E-state index is -0.487. The monoisotopic (exact) mass is 430 g/mol. The first-order valence-corrected chi connectivity index (χ1v) is 11.2. The van der Waals surface area contributed by atoms with Crippen LogP contribution in [0.15, 0.2) is 24.3 Å². The molecule has 3 rings (SSSR count). The second kappa shape index (κ2) is 11.0. The van der Waals surface area contributed by atoms with Crippen molar-refractivity contribution in [3.05, 3.63) is 52.7 Å². The normalized spacial score (nSPS) is 16.2. The Hall–Kier alpha value is -2.09. The van der Waals surface area contributed by atoms with Gasteiger partial charge in [-0.3, -0.25) is 4.90 Å². The molecule has 1 atom stereocenters. The van der Waals surface area contributed by atoms with E-state index in [2.05, 4.69) is 21.7 Å². The summed E-state index contributed by atoms with van der Waals surface area (Å²) in [6.45, 7) is 12.2. The van der Waals surface area contributed by atoms with E-state index in [1.807, 2.05) is 32.9 Å². The van der Waals surface area contributed by atoms with Gasteiger partial charge < -0.3 is 14.7 Å². The van der Waals surface area contributed by atoms with E-state index in [0.717, 1.165) is 55.5 Å². The Labute approximate surface area is 185 Å². The van der Waals surface area contributed by atoms with E-state index in [0.29, 0.717) is 25.1 Å². The Balaban J connectivity index is 1.73. The van der Waals surface area contributed by atoms with Gasteiger partial charge in [0.15, 0.2) is 0 Å². The summed E-state index contributed by atoms with van der Waals surface area (Å²) in [5, 5.41) is 10.2. The van der Waals surface area contributed by atoms with E-state index in [-0.39, 0.29) is 11.9 Å². The van der Waals surface area contributed by atoms with Crippen LogP contribution in [0.3, 0.4) is 0 Å². The predicted octanol–water partition coefficient (Wildman–Crippen LogP) is 2.99. The Bertz CT molecular complexity index is 853. The quantitative estimate of drug-likeness (QED) is 0.660. The highest BCUT2D eigenvalue weighted by Crippen LogP contribution is 2.26. The lowest BCUT2D eigenvalue weighted by Crippen LogP contribution is -2.49. The lowest BCUT2D eigenvalue weighted by atomic mass is 10.0. The van der Waals surface area contributed by atoms with E-state index < -0.39 is 6.10 Å². The van der Waals surface area contributed by atoms with Crippen LogP contribution in [0.4, 0.5) is 10.2 Å². The first-order chi connectivity index (χ1) is 14.9. The Morgan fingerprint density at radius 2 is 1.84 bits per heavy atom. The second-order valence-corrected chi connectivity index (χ2v) is 8.46. The highest BCUT2D eigenvalue weighted by atomic mass is 19.1. The minimum Gasteiger partial charge on any atom is -0.389 e. The highest BCUT2D eigenvalue weighted by Gasteiger charge is 2.24. The van der Waals surface area contributed by atoms with E-state index >= 15 is 0 Å². The van der Waals surface area contributed by atoms with Crippen LogP contribution >= 0.6 is 0 Å². The number of rotatable bonds is 9. The standard InChI is InChI=1S/C24H35FN4O2/c1-5-23-21(14-19-8-6-7-9-22(19)25)24(27-18(4)26-23)29-12-10-28(11-13-29)15-20(30)16-31-17(2)3/h6-9,17,20,30H,5,10-16H2,1-4H3/t20-/m0/s1. The third-order valence-corrected chi connectivity index (χ3v) is 5.61. The SMILES string of the molecule is CCc1nc(C)nc(N2CCN(C[C@H](O)COC(C)C)CC2)c1Cc1ccccc1F. The lowest BCUT2D eigenvalue weighted by molar-refractivity contribution is -0.00901. The molecule has 1 N–H and O–H groups in total. The molecular formula is C24H35FN4O2. The topological polar surface area (TPSA) is 61.7 Å². The van der Waals surface area contributed by atoms with Gasteiger partial charge in [0, 0.05) is 50.4 Å². The molecule has 0 saturated carbocycles. The molecular weight excluding hydrogens is 395 g/mol. The molecule has 0 amide bonds. The zero-order valence-electron chi connectivity index (χ0n) is 19.1. The van der Waals surface area contributed by atoms with Gasteiger partial charge in [0.25, 0.3) is 0 Å². The fourth-order valence-corrected chi connectivity index (χ4v) is 4.00. The number of hydrogen-bond acceptors (Lipinski definition) is 6. The number of piperazine rings is 1. The number of aliphatic hydroxyl groups is 1. The maximum absolute atomic E-state index is 14.4. The Kier molecular flexibility index (Phi) is 8.35. The smallest absolute Gasteiger partial charge is 0.136 e. The summed E-state index contributed by atoms with van der Waals surface area (Å²) in [5.41, 5.74) is 2.66. The average Bonchev–Trinajstić information content (AvgIpc) is 2.75. The van der Waals surface area contributed by atoms with Crippen molar-refractivity contribution in [3.63, 3.8) is 0 Å². The Morgan fingerprint density at radius 3 is 2.48 bits per heavy atom. The van der Waals surface area contributed by atoms with Crippen LogP contribution in [0.1, 0.15) is 43.4 Å². The van der Waals surface area contributed by atoms with Crippen molar-refractivity contribution < 1.29 is 14.2 Å². The maximum Gasteiger partial charge on any atom is 0.136 e. The van der Waals surface area contributed by atoms with Gasteiger partial charge in [-0.1, -0.05) is 25.1 Å². The van der Waals surface area contributed by atoms with Crippen LogP contribution in [0, 0.1) is 12.7 Å². The summed E-state index contributed by atoms with van der Waals surface area (Å²) in [7, 11) is 0. The summed E-state index contributed by atoms with van der Waals surface area (Å²) in [5.74, 6) is 1.46. The first kappa shape index (κ1) is 23.6. The highest BCUT2D eigenvalue weighted by molar-refractivity contribution is 5.52. The maximum atomic E-state index is 14.4. The van der Waals surface area contributed by atoms with Crippen molar-refractivity contribution in [1.82, 2.24) is 14.9 Å². The summed E-state index contributed by atoms with van der Waals surface area (Å²) >= 11 is 0. The number of aryl methyl sites for hydroxylation is 2. The Morgan fingerprint density at radius 1 is 1.13 bits per heavy atom. The van der Waals surface area contributed by atoms with Gasteiger partial charge in [0.2, 0.25) is 0 Å². The number of nitrogens with zero attached hydrogens (tertiary/aromatic N) is 4. The van der Waals surface area contributed by atoms with E-state index in [1.165, 1.54) is 6.07 Å². The van der Waals surface area contributed by atoms with Crippen LogP contribution in [-0.2, 0) is 17.6 Å². The van der Waals surface area contributed by atoms with Crippen LogP contribution in [-0.4, -0.2) is 71.5 Å². The summed E-state index contributed by atoms with van der Waals surface area (Å²) in [4.78, 5) is 14.0. The molecule has 1 aliphatic heterocycles. The first-order valence-electron chi connectivity index (χ1n) is 11.2. The lowest BCUT2D eigenvalue weighted by Gasteiger charge is -2.37. The molecule has 0 radical (unpaired) electrons. The molecule has 0 aliphatic carbocycles. The minimum absolute atomic E-state index is 0.119. The number of anilines is 1. The summed E-state index contributed by atoms with van der Waals surface area (Å²) in [6, 6.07) is 6.91. The summed E-state index contributed by atoms with van der Waals surface area (Å²) < 4.78 is 19.9. The van der Waals surface area contributed by atoms with Gasteiger partial charge in [-0.2, -0.15) is 0 Å². The van der Waals surface area contributed by atoms with Crippen molar-refractivity contribution >= 4 is 5.82 Å². The van der Waals surface area contributed by atoms with E-state index in [1.54, 1.807) is 6.07 Å². The molecule has 2 heterocycles. The van der Waals surface area contributed by atoms with E-state index in [9.17, 15) is 9.50 Å². The molecule has 2 aromatic rings. The average molecular weight is 431 g/mol. The van der Waals surface area contributed by atoms with Gasteiger partial charge in [0.05, 0.1) is 18.8 Å². The zero-order valence-corrected chi connectivity index (χ0v) is 19.1. The number of ether oxygens (including phenoxy) is 1. The second-order valence-electron chi connectivity index (χ2n) is 8.46. The number of aromatic nitrogens is 2. The molecule has 7 heteroatoms. The third-order valence-electron chi connectivity index (χ3n) is 5.61. The number of aliphatic hydroxyl groups excluding tert-OH is 1. The number of hydrogen-bond donors (Lipinski definition) is 1. The molecule has 1 aliphatic rings. The van der Waals surface area contributed by atoms with Crippen LogP contribution < -0.4 is 4.90 Å². The van der Waals surface area contributed by atoms with Crippen molar-refractivity contribution in [2.75, 3.05) is 44.2 Å². The summed E-state index contributed by atoms with van der Waals surface area (Å²) in [6.07, 6.45) is 0.894. The molecule has 1 saturated heterocycles. The molecule has 0 bridgehead atoms. The molecule has 1 aromatic carbocycles. The largest absolute Gasteiger partial charge is 0.389 e. The van der Waals surface area contributed by atoms with Crippen molar-refractivity contribution in [1.29, 1.82) is 0 Å². The molecule has 170 valence electrons. The van der Waals surface area contributed by atoms with Gasteiger partial charge in [-0.15, -0.1) is 0 Å². The van der Waals surface area contributed by atoms with Gasteiger partial charge in [-0.05, 0) is 38.8 Å². The van der Waals surface area contributed by atoms with Crippen LogP contribution in [0.25, 0.3) is 0 Å². The molecule has 1 fully saturated rings. The van der Waals surface area contributed by atoms with Crippen molar-refractivity contribution in [3.8, 4) is 0 Å². The van der Waals surface area contributed by atoms with Crippen LogP contribution in [0.2, 0.25) is 0 Å². The van der Waals surface area contributed by atoms with Gasteiger partial charge in [0.1, 0.15) is 17.5 Å². The van der Waals surface area contributed by atoms with Crippen molar-refractivity contribution in [2.24, 2.45) is 0 Å². The molecule has 6 nitrogen and oxygen atoms in total. The number of benzene rings is 1.